The van der Waals surface area contributed by atoms with Crippen LogP contribution >= 0.6 is 11.8 Å². The van der Waals surface area contributed by atoms with Crippen LogP contribution in [0.4, 0.5) is 4.39 Å². The molecule has 0 aliphatic heterocycles. The van der Waals surface area contributed by atoms with E-state index in [-0.39, 0.29) is 17.8 Å². The zero-order valence-electron chi connectivity index (χ0n) is 10.8. The molecule has 0 amide bonds. The molecule has 0 saturated heterocycles. The van der Waals surface area contributed by atoms with Gasteiger partial charge in [-0.05, 0) is 31.2 Å². The second-order valence-corrected chi connectivity index (χ2v) is 5.49. The fourth-order valence-electron chi connectivity index (χ4n) is 1.41. The highest BCUT2D eigenvalue weighted by atomic mass is 32.2. The van der Waals surface area contributed by atoms with E-state index in [0.29, 0.717) is 17.5 Å². The minimum atomic E-state index is -0.239. The topological polar surface area (TPSA) is 64.9 Å². The van der Waals surface area contributed by atoms with Gasteiger partial charge < -0.3 is 10.3 Å². The zero-order chi connectivity index (χ0) is 13.8. The van der Waals surface area contributed by atoms with Gasteiger partial charge in [0.05, 0.1) is 11.7 Å². The van der Waals surface area contributed by atoms with E-state index in [0.717, 1.165) is 4.90 Å². The molecule has 2 aromatic rings. The lowest BCUT2D eigenvalue weighted by Crippen LogP contribution is -2.22. The molecule has 19 heavy (non-hydrogen) atoms. The molecule has 0 fully saturated rings. The summed E-state index contributed by atoms with van der Waals surface area (Å²) in [7, 11) is 0. The zero-order valence-corrected chi connectivity index (χ0v) is 11.7. The number of aromatic nitrogens is 2. The molecule has 0 spiro atoms. The lowest BCUT2D eigenvalue weighted by atomic mass is 10.1. The highest BCUT2D eigenvalue weighted by molar-refractivity contribution is 7.98. The molecule has 0 radical (unpaired) electrons. The number of rotatable bonds is 5. The van der Waals surface area contributed by atoms with E-state index in [1.54, 1.807) is 12.1 Å². The van der Waals surface area contributed by atoms with E-state index in [1.807, 2.05) is 13.8 Å². The van der Waals surface area contributed by atoms with Gasteiger partial charge in [0, 0.05) is 10.9 Å². The van der Waals surface area contributed by atoms with E-state index in [1.165, 1.54) is 23.9 Å². The Labute approximate surface area is 115 Å². The van der Waals surface area contributed by atoms with Gasteiger partial charge in [-0.3, -0.25) is 0 Å². The normalized spacial score (nSPS) is 14.3. The predicted molar refractivity (Wildman–Crippen MR) is 72.3 cm³/mol. The van der Waals surface area contributed by atoms with Crippen molar-refractivity contribution in [3.63, 3.8) is 0 Å². The molecule has 0 aliphatic carbocycles. The number of thioether (sulfide) groups is 1. The lowest BCUT2D eigenvalue weighted by molar-refractivity contribution is 0.344. The molecule has 0 aliphatic rings. The molecule has 0 bridgehead atoms. The van der Waals surface area contributed by atoms with E-state index < -0.39 is 0 Å². The van der Waals surface area contributed by atoms with Gasteiger partial charge in [-0.15, -0.1) is 11.8 Å². The molecule has 0 saturated carbocycles. The van der Waals surface area contributed by atoms with Gasteiger partial charge in [0.1, 0.15) is 5.82 Å². The largest absolute Gasteiger partial charge is 0.339 e. The van der Waals surface area contributed by atoms with E-state index >= 15 is 0 Å². The average Bonchev–Trinajstić information content (AvgIpc) is 2.86. The first-order valence-electron chi connectivity index (χ1n) is 6.02. The van der Waals surface area contributed by atoms with E-state index in [9.17, 15) is 4.39 Å². The second-order valence-electron chi connectivity index (χ2n) is 4.44. The second kappa shape index (κ2) is 6.16. The third kappa shape index (κ3) is 3.78. The van der Waals surface area contributed by atoms with Gasteiger partial charge in [0.15, 0.2) is 5.82 Å². The molecule has 2 unspecified atom stereocenters. The van der Waals surface area contributed by atoms with Crippen molar-refractivity contribution in [2.75, 3.05) is 0 Å². The highest BCUT2D eigenvalue weighted by Crippen LogP contribution is 2.23. The SMILES string of the molecule is CC(N)C(C)c1nc(CSc2ccc(F)cc2)no1. The van der Waals surface area contributed by atoms with Crippen LogP contribution in [-0.2, 0) is 5.75 Å². The summed E-state index contributed by atoms with van der Waals surface area (Å²) in [4.78, 5) is 5.28. The van der Waals surface area contributed by atoms with Gasteiger partial charge in [0.2, 0.25) is 5.89 Å². The van der Waals surface area contributed by atoms with Gasteiger partial charge in [-0.2, -0.15) is 4.98 Å². The predicted octanol–water partition coefficient (Wildman–Crippen LogP) is 2.95. The van der Waals surface area contributed by atoms with Crippen molar-refractivity contribution in [3.8, 4) is 0 Å². The Morgan fingerprint density at radius 1 is 1.32 bits per heavy atom. The minimum absolute atomic E-state index is 0.0296. The molecule has 1 aromatic heterocycles. The summed E-state index contributed by atoms with van der Waals surface area (Å²) in [5.41, 5.74) is 5.79. The van der Waals surface area contributed by atoms with Crippen LogP contribution in [0.25, 0.3) is 0 Å². The molecule has 102 valence electrons. The van der Waals surface area contributed by atoms with Crippen molar-refractivity contribution < 1.29 is 8.91 Å². The van der Waals surface area contributed by atoms with Crippen LogP contribution in [0.15, 0.2) is 33.7 Å². The monoisotopic (exact) mass is 281 g/mol. The first-order valence-corrected chi connectivity index (χ1v) is 7.01. The summed E-state index contributed by atoms with van der Waals surface area (Å²) in [5.74, 6) is 1.57. The molecule has 2 atom stereocenters. The maximum atomic E-state index is 12.8. The molecular weight excluding hydrogens is 265 g/mol. The maximum absolute atomic E-state index is 12.8. The van der Waals surface area contributed by atoms with Gasteiger partial charge in [-0.1, -0.05) is 12.1 Å². The van der Waals surface area contributed by atoms with E-state index in [4.69, 9.17) is 10.3 Å². The van der Waals surface area contributed by atoms with Crippen LogP contribution in [0, 0.1) is 5.82 Å². The molecule has 4 nitrogen and oxygen atoms in total. The minimum Gasteiger partial charge on any atom is -0.339 e. The van der Waals surface area contributed by atoms with Crippen molar-refractivity contribution in [3.05, 3.63) is 41.8 Å². The quantitative estimate of drug-likeness (QED) is 0.854. The van der Waals surface area contributed by atoms with Crippen molar-refractivity contribution >= 4 is 11.8 Å². The molecule has 2 rings (SSSR count). The standard InChI is InChI=1S/C13H16FN3OS/c1-8(9(2)15)13-16-12(17-18-13)7-19-11-5-3-10(14)4-6-11/h3-6,8-9H,7,15H2,1-2H3. The van der Waals surface area contributed by atoms with Crippen LogP contribution in [-0.4, -0.2) is 16.2 Å². The molecule has 6 heteroatoms. The van der Waals surface area contributed by atoms with E-state index in [2.05, 4.69) is 10.1 Å². The Morgan fingerprint density at radius 3 is 2.63 bits per heavy atom. The molecule has 2 N–H and O–H groups in total. The number of halogens is 1. The van der Waals surface area contributed by atoms with Crippen LogP contribution in [0.1, 0.15) is 31.5 Å². The number of hydrogen-bond donors (Lipinski definition) is 1. The Bertz CT molecular complexity index is 527. The van der Waals surface area contributed by atoms with Gasteiger partial charge in [0.25, 0.3) is 0 Å². The Hall–Kier alpha value is -1.40. The summed E-state index contributed by atoms with van der Waals surface area (Å²) in [6, 6.07) is 6.29. The first kappa shape index (κ1) is 14.0. The summed E-state index contributed by atoms with van der Waals surface area (Å²) in [6.45, 7) is 3.86. The van der Waals surface area contributed by atoms with Crippen LogP contribution in [0.2, 0.25) is 0 Å². The Balaban J connectivity index is 1.95. The third-order valence-electron chi connectivity index (χ3n) is 2.84. The molecule has 1 aromatic carbocycles. The average molecular weight is 281 g/mol. The number of nitrogens with two attached hydrogens (primary N) is 1. The highest BCUT2D eigenvalue weighted by Gasteiger charge is 2.17. The summed E-state index contributed by atoms with van der Waals surface area (Å²) < 4.78 is 17.9. The number of nitrogens with zero attached hydrogens (tertiary/aromatic N) is 2. The van der Waals surface area contributed by atoms with Crippen molar-refractivity contribution in [2.45, 2.75) is 36.5 Å². The third-order valence-corrected chi connectivity index (χ3v) is 3.85. The van der Waals surface area contributed by atoms with Crippen LogP contribution in [0.3, 0.4) is 0 Å². The van der Waals surface area contributed by atoms with Gasteiger partial charge >= 0.3 is 0 Å². The lowest BCUT2D eigenvalue weighted by Gasteiger charge is -2.09. The fraction of sp³-hybridized carbons (Fsp3) is 0.385. The number of benzene rings is 1. The summed E-state index contributed by atoms with van der Waals surface area (Å²) >= 11 is 1.53. The molecular formula is C13H16FN3OS. The van der Waals surface area contributed by atoms with Crippen molar-refractivity contribution in [1.29, 1.82) is 0 Å². The Kier molecular flexibility index (Phi) is 4.55. The fourth-order valence-corrected chi connectivity index (χ4v) is 2.16. The first-order chi connectivity index (χ1) is 9.06. The number of hydrogen-bond acceptors (Lipinski definition) is 5. The van der Waals surface area contributed by atoms with Crippen molar-refractivity contribution in [1.82, 2.24) is 10.1 Å². The maximum Gasteiger partial charge on any atom is 0.231 e. The van der Waals surface area contributed by atoms with Crippen molar-refractivity contribution in [2.24, 2.45) is 5.73 Å². The summed E-state index contributed by atoms with van der Waals surface area (Å²) in [5, 5.41) is 3.92. The Morgan fingerprint density at radius 2 is 2.00 bits per heavy atom. The summed E-state index contributed by atoms with van der Waals surface area (Å²) in [6.07, 6.45) is 0. The van der Waals surface area contributed by atoms with Crippen LogP contribution in [0.5, 0.6) is 0 Å². The van der Waals surface area contributed by atoms with Gasteiger partial charge in [-0.25, -0.2) is 4.39 Å². The smallest absolute Gasteiger partial charge is 0.231 e. The van der Waals surface area contributed by atoms with Crippen LogP contribution < -0.4 is 5.73 Å². The molecule has 1 heterocycles.